The van der Waals surface area contributed by atoms with E-state index in [4.69, 9.17) is 9.84 Å². The minimum atomic E-state index is -1.68. The van der Waals surface area contributed by atoms with E-state index in [1.54, 1.807) is 0 Å². The number of amides is 1. The van der Waals surface area contributed by atoms with E-state index in [-0.39, 0.29) is 5.69 Å². The molecule has 0 unspecified atom stereocenters. The third-order valence-corrected chi connectivity index (χ3v) is 1.62. The summed E-state index contributed by atoms with van der Waals surface area (Å²) in [6.07, 6.45) is 0. The fourth-order valence-corrected chi connectivity index (χ4v) is 0.903. The highest BCUT2D eigenvalue weighted by atomic mass is 19.1. The second kappa shape index (κ2) is 4.41. The number of halogens is 1. The Kier molecular flexibility index (Phi) is 3.22. The van der Waals surface area contributed by atoms with Gasteiger partial charge in [-0.1, -0.05) is 0 Å². The molecule has 0 fully saturated rings. The van der Waals surface area contributed by atoms with Crippen LogP contribution in [0.1, 0.15) is 0 Å². The number of anilines is 1. The van der Waals surface area contributed by atoms with Gasteiger partial charge in [-0.05, 0) is 12.1 Å². The van der Waals surface area contributed by atoms with Crippen LogP contribution >= 0.6 is 0 Å². The summed E-state index contributed by atoms with van der Waals surface area (Å²) in [6, 6.07) is 3.61. The second-order valence-electron chi connectivity index (χ2n) is 2.61. The lowest BCUT2D eigenvalue weighted by Crippen LogP contribution is -2.22. The van der Waals surface area contributed by atoms with Crippen molar-refractivity contribution in [1.29, 1.82) is 0 Å². The number of carbonyl (C=O) groups excluding carboxylic acids is 1. The van der Waals surface area contributed by atoms with Gasteiger partial charge in [-0.15, -0.1) is 0 Å². The molecule has 0 saturated heterocycles. The molecule has 2 N–H and O–H groups in total. The van der Waals surface area contributed by atoms with Crippen molar-refractivity contribution in [2.24, 2.45) is 0 Å². The van der Waals surface area contributed by atoms with Gasteiger partial charge < -0.3 is 15.2 Å². The van der Waals surface area contributed by atoms with Crippen LogP contribution < -0.4 is 10.1 Å². The number of benzene rings is 1. The van der Waals surface area contributed by atoms with Crippen LogP contribution in [0, 0.1) is 5.82 Å². The van der Waals surface area contributed by atoms with Crippen molar-refractivity contribution in [2.45, 2.75) is 0 Å². The number of hydrogen-bond acceptors (Lipinski definition) is 3. The van der Waals surface area contributed by atoms with Crippen LogP contribution in [-0.4, -0.2) is 24.1 Å². The SMILES string of the molecule is COc1ccc(F)c(NC(=O)C(=O)O)c1. The Bertz CT molecular complexity index is 405. The normalized spacial score (nSPS) is 9.47. The summed E-state index contributed by atoms with van der Waals surface area (Å²) in [5.41, 5.74) is -0.234. The average molecular weight is 213 g/mol. The number of ether oxygens (including phenoxy) is 1. The van der Waals surface area contributed by atoms with E-state index in [1.807, 2.05) is 5.32 Å². The molecule has 0 bridgehead atoms. The third kappa shape index (κ3) is 2.67. The van der Waals surface area contributed by atoms with E-state index in [1.165, 1.54) is 19.2 Å². The molecule has 15 heavy (non-hydrogen) atoms. The van der Waals surface area contributed by atoms with Gasteiger partial charge in [0.15, 0.2) is 0 Å². The molecular formula is C9H8FNO4. The van der Waals surface area contributed by atoms with E-state index in [2.05, 4.69) is 0 Å². The summed E-state index contributed by atoms with van der Waals surface area (Å²) in [5, 5.41) is 10.2. The molecule has 5 nitrogen and oxygen atoms in total. The molecule has 80 valence electrons. The first-order chi connectivity index (χ1) is 7.04. The Morgan fingerprint density at radius 2 is 2.13 bits per heavy atom. The third-order valence-electron chi connectivity index (χ3n) is 1.62. The maximum atomic E-state index is 13.1. The van der Waals surface area contributed by atoms with E-state index < -0.39 is 17.7 Å². The number of nitrogens with one attached hydrogen (secondary N) is 1. The van der Waals surface area contributed by atoms with Crippen LogP contribution in [-0.2, 0) is 9.59 Å². The van der Waals surface area contributed by atoms with E-state index in [9.17, 15) is 14.0 Å². The van der Waals surface area contributed by atoms with Crippen LogP contribution in [0.3, 0.4) is 0 Å². The van der Waals surface area contributed by atoms with Gasteiger partial charge in [0.05, 0.1) is 12.8 Å². The lowest BCUT2D eigenvalue weighted by atomic mass is 10.3. The smallest absolute Gasteiger partial charge is 0.394 e. The van der Waals surface area contributed by atoms with E-state index in [0.717, 1.165) is 6.07 Å². The molecule has 0 saturated carbocycles. The minimum Gasteiger partial charge on any atom is -0.497 e. The molecule has 0 aliphatic carbocycles. The van der Waals surface area contributed by atoms with Crippen LogP contribution in [0.15, 0.2) is 18.2 Å². The molecule has 1 aromatic rings. The molecule has 6 heteroatoms. The fraction of sp³-hybridized carbons (Fsp3) is 0.111. The zero-order valence-corrected chi connectivity index (χ0v) is 7.78. The number of carbonyl (C=O) groups is 2. The lowest BCUT2D eigenvalue weighted by molar-refractivity contribution is -0.147. The number of rotatable bonds is 2. The number of methoxy groups -OCH3 is 1. The molecule has 0 spiro atoms. The van der Waals surface area contributed by atoms with Gasteiger partial charge in [-0.2, -0.15) is 0 Å². The van der Waals surface area contributed by atoms with Gasteiger partial charge in [0, 0.05) is 6.07 Å². The zero-order chi connectivity index (χ0) is 11.4. The number of carboxylic acid groups (broad SMARTS) is 1. The summed E-state index contributed by atoms with van der Waals surface area (Å²) in [4.78, 5) is 20.9. The Labute approximate surface area is 84.5 Å². The molecule has 0 radical (unpaired) electrons. The van der Waals surface area contributed by atoms with E-state index >= 15 is 0 Å². The molecule has 1 aromatic carbocycles. The topological polar surface area (TPSA) is 75.6 Å². The van der Waals surface area contributed by atoms with Crippen LogP contribution in [0.25, 0.3) is 0 Å². The number of aliphatic carboxylic acids is 1. The first kappa shape index (κ1) is 11.0. The van der Waals surface area contributed by atoms with Gasteiger partial charge in [0.1, 0.15) is 11.6 Å². The molecule has 1 amide bonds. The van der Waals surface area contributed by atoms with Gasteiger partial charge in [-0.3, -0.25) is 4.79 Å². The minimum absolute atomic E-state index is 0.234. The monoisotopic (exact) mass is 213 g/mol. The van der Waals surface area contributed by atoms with Crippen molar-refractivity contribution in [3.05, 3.63) is 24.0 Å². The Morgan fingerprint density at radius 3 is 2.67 bits per heavy atom. The zero-order valence-electron chi connectivity index (χ0n) is 7.78. The summed E-state index contributed by atoms with van der Waals surface area (Å²) in [7, 11) is 1.37. The van der Waals surface area contributed by atoms with E-state index in [0.29, 0.717) is 5.75 Å². The molecule has 0 aliphatic heterocycles. The molecule has 0 atom stereocenters. The maximum Gasteiger partial charge on any atom is 0.394 e. The van der Waals surface area contributed by atoms with Crippen molar-refractivity contribution in [3.63, 3.8) is 0 Å². The van der Waals surface area contributed by atoms with Gasteiger partial charge in [0.2, 0.25) is 0 Å². The fourth-order valence-electron chi connectivity index (χ4n) is 0.903. The van der Waals surface area contributed by atoms with Gasteiger partial charge in [0.25, 0.3) is 0 Å². The van der Waals surface area contributed by atoms with Crippen molar-refractivity contribution in [2.75, 3.05) is 12.4 Å². The Hall–Kier alpha value is -2.11. The lowest BCUT2D eigenvalue weighted by Gasteiger charge is -2.05. The molecule has 0 aliphatic rings. The molecule has 1 rings (SSSR count). The number of carboxylic acids is 1. The highest BCUT2D eigenvalue weighted by molar-refractivity contribution is 6.36. The molecule has 0 aromatic heterocycles. The predicted molar refractivity (Wildman–Crippen MR) is 49.2 cm³/mol. The number of hydrogen-bond donors (Lipinski definition) is 2. The van der Waals surface area contributed by atoms with Crippen molar-refractivity contribution in [1.82, 2.24) is 0 Å². The summed E-state index contributed by atoms with van der Waals surface area (Å²) >= 11 is 0. The summed E-state index contributed by atoms with van der Waals surface area (Å²) in [5.74, 6) is -3.40. The van der Waals surface area contributed by atoms with Gasteiger partial charge in [-0.25, -0.2) is 9.18 Å². The van der Waals surface area contributed by atoms with Gasteiger partial charge >= 0.3 is 11.9 Å². The highest BCUT2D eigenvalue weighted by Gasteiger charge is 2.14. The Morgan fingerprint density at radius 1 is 1.47 bits per heavy atom. The Balaban J connectivity index is 2.93. The van der Waals surface area contributed by atoms with Crippen molar-refractivity contribution in [3.8, 4) is 5.75 Å². The van der Waals surface area contributed by atoms with Crippen LogP contribution in [0.2, 0.25) is 0 Å². The summed E-state index contributed by atoms with van der Waals surface area (Å²) < 4.78 is 17.9. The van der Waals surface area contributed by atoms with Crippen LogP contribution in [0.5, 0.6) is 5.75 Å². The standard InChI is InChI=1S/C9H8FNO4/c1-15-5-2-3-6(10)7(4-5)11-8(12)9(13)14/h2-4H,1H3,(H,11,12)(H,13,14). The van der Waals surface area contributed by atoms with Crippen LogP contribution in [0.4, 0.5) is 10.1 Å². The molecular weight excluding hydrogens is 205 g/mol. The predicted octanol–water partition coefficient (Wildman–Crippen LogP) is 0.857. The summed E-state index contributed by atoms with van der Waals surface area (Å²) in [6.45, 7) is 0. The van der Waals surface area contributed by atoms with Crippen molar-refractivity contribution < 1.29 is 23.8 Å². The largest absolute Gasteiger partial charge is 0.497 e. The van der Waals surface area contributed by atoms with Crippen molar-refractivity contribution >= 4 is 17.6 Å². The molecule has 0 heterocycles. The first-order valence-corrected chi connectivity index (χ1v) is 3.92. The second-order valence-corrected chi connectivity index (χ2v) is 2.61. The maximum absolute atomic E-state index is 13.1. The first-order valence-electron chi connectivity index (χ1n) is 3.92. The quantitative estimate of drug-likeness (QED) is 0.714. The highest BCUT2D eigenvalue weighted by Crippen LogP contribution is 2.20. The average Bonchev–Trinajstić information content (AvgIpc) is 2.21.